The van der Waals surface area contributed by atoms with Crippen molar-refractivity contribution in [2.24, 2.45) is 0 Å². The first-order valence-corrected chi connectivity index (χ1v) is 6.18. The van der Waals surface area contributed by atoms with Crippen LogP contribution in [0.2, 0.25) is 0 Å². The topological polar surface area (TPSA) is 48.4 Å². The summed E-state index contributed by atoms with van der Waals surface area (Å²) in [5, 5.41) is 12.2. The van der Waals surface area contributed by atoms with Gasteiger partial charge in [-0.1, -0.05) is 36.4 Å². The predicted molar refractivity (Wildman–Crippen MR) is 74.9 cm³/mol. The van der Waals surface area contributed by atoms with Crippen molar-refractivity contribution >= 4 is 11.4 Å². The molecule has 1 atom stereocenters. The van der Waals surface area contributed by atoms with Gasteiger partial charge in [0.05, 0.1) is 0 Å². The summed E-state index contributed by atoms with van der Waals surface area (Å²) in [5.41, 5.74) is 6.00. The molecule has 0 radical (unpaired) electrons. The minimum atomic E-state index is -0.739. The van der Waals surface area contributed by atoms with Crippen LogP contribution in [0.1, 0.15) is 12.5 Å². The summed E-state index contributed by atoms with van der Waals surface area (Å²) >= 11 is 0. The quantitative estimate of drug-likeness (QED) is 0.861. The summed E-state index contributed by atoms with van der Waals surface area (Å²) in [6, 6.07) is 15.5. The van der Waals surface area contributed by atoms with Crippen molar-refractivity contribution in [1.29, 1.82) is 0 Å². The molecular formula is C15H15N3O. The zero-order valence-electron chi connectivity index (χ0n) is 10.6. The van der Waals surface area contributed by atoms with Crippen molar-refractivity contribution < 1.29 is 5.11 Å². The number of rotatable bonds is 2. The molecule has 1 unspecified atom stereocenters. The van der Waals surface area contributed by atoms with Crippen molar-refractivity contribution in [2.45, 2.75) is 13.2 Å². The van der Waals surface area contributed by atoms with Crippen molar-refractivity contribution in [2.75, 3.05) is 5.01 Å². The van der Waals surface area contributed by atoms with Gasteiger partial charge in [-0.25, -0.2) is 9.99 Å². The number of allylic oxidation sites excluding steroid dienone is 1. The number of hydrazine groups is 1. The first-order chi connectivity index (χ1) is 9.27. The number of anilines is 1. The fourth-order valence-corrected chi connectivity index (χ4v) is 2.29. The Morgan fingerprint density at radius 3 is 2.53 bits per heavy atom. The van der Waals surface area contributed by atoms with Gasteiger partial charge in [0.2, 0.25) is 0 Å². The molecule has 0 saturated carbocycles. The van der Waals surface area contributed by atoms with Crippen molar-refractivity contribution in [1.82, 2.24) is 10.4 Å². The zero-order valence-corrected chi connectivity index (χ0v) is 10.6. The van der Waals surface area contributed by atoms with E-state index in [9.17, 15) is 5.11 Å². The van der Waals surface area contributed by atoms with Crippen molar-refractivity contribution in [3.8, 4) is 0 Å². The first kappa shape index (κ1) is 11.7. The van der Waals surface area contributed by atoms with E-state index in [1.165, 1.54) is 0 Å². The van der Waals surface area contributed by atoms with Crippen LogP contribution in [0.15, 0.2) is 60.4 Å². The normalized spacial score (nSPS) is 18.6. The highest BCUT2D eigenvalue weighted by Gasteiger charge is 2.30. The van der Waals surface area contributed by atoms with E-state index >= 15 is 0 Å². The fraction of sp³-hybridized carbons (Fsp3) is 0.133. The maximum Gasteiger partial charge on any atom is 0.175 e. The van der Waals surface area contributed by atoms with E-state index < -0.39 is 6.23 Å². The fourth-order valence-electron chi connectivity index (χ4n) is 2.29. The van der Waals surface area contributed by atoms with E-state index in [4.69, 9.17) is 0 Å². The van der Waals surface area contributed by atoms with Crippen LogP contribution in [-0.4, -0.2) is 16.3 Å². The third kappa shape index (κ3) is 2.06. The average molecular weight is 253 g/mol. The number of nitrogens with one attached hydrogen (secondary N) is 1. The number of benzene rings is 1. The highest BCUT2D eigenvalue weighted by molar-refractivity contribution is 5.76. The molecule has 4 nitrogen and oxygen atoms in total. The number of pyridine rings is 1. The monoisotopic (exact) mass is 253 g/mol. The minimum Gasteiger partial charge on any atom is -0.368 e. The van der Waals surface area contributed by atoms with Gasteiger partial charge in [-0.15, -0.1) is 0 Å². The predicted octanol–water partition coefficient (Wildman–Crippen LogP) is 2.16. The second-order valence-electron chi connectivity index (χ2n) is 4.45. The highest BCUT2D eigenvalue weighted by atomic mass is 16.3. The second-order valence-corrected chi connectivity index (χ2v) is 4.45. The summed E-state index contributed by atoms with van der Waals surface area (Å²) < 4.78 is 0. The Labute approximate surface area is 112 Å². The van der Waals surface area contributed by atoms with Crippen LogP contribution >= 0.6 is 0 Å². The molecule has 96 valence electrons. The van der Waals surface area contributed by atoms with Crippen LogP contribution in [-0.2, 0) is 0 Å². The number of nitrogens with zero attached hydrogens (tertiary/aromatic N) is 2. The number of aliphatic hydroxyl groups excluding tert-OH is 1. The summed E-state index contributed by atoms with van der Waals surface area (Å²) in [4.78, 5) is 4.25. The summed E-state index contributed by atoms with van der Waals surface area (Å²) in [6.07, 6.45) is 0.969. The molecule has 1 aliphatic heterocycles. The lowest BCUT2D eigenvalue weighted by atomic mass is 10.0. The van der Waals surface area contributed by atoms with Gasteiger partial charge in [-0.3, -0.25) is 5.43 Å². The van der Waals surface area contributed by atoms with Gasteiger partial charge in [0.25, 0.3) is 0 Å². The Morgan fingerprint density at radius 2 is 1.84 bits per heavy atom. The van der Waals surface area contributed by atoms with Crippen LogP contribution in [0.3, 0.4) is 0 Å². The molecular weight excluding hydrogens is 238 g/mol. The second kappa shape index (κ2) is 4.74. The molecule has 3 rings (SSSR count). The Morgan fingerprint density at radius 1 is 1.11 bits per heavy atom. The van der Waals surface area contributed by atoms with Gasteiger partial charge < -0.3 is 5.11 Å². The summed E-state index contributed by atoms with van der Waals surface area (Å²) in [5.74, 6) is 0.695. The molecule has 2 aromatic rings. The molecule has 0 spiro atoms. The van der Waals surface area contributed by atoms with Gasteiger partial charge in [0, 0.05) is 17.5 Å². The molecule has 0 bridgehead atoms. The standard InChI is InChI=1S/C15H15N3O/c1-11-14(12-7-3-2-4-8-12)15(19)18(17-11)13-9-5-6-10-16-13/h2-10,15,17,19H,1H3. The maximum absolute atomic E-state index is 10.5. The number of hydrogen-bond donors (Lipinski definition) is 2. The smallest absolute Gasteiger partial charge is 0.175 e. The van der Waals surface area contributed by atoms with E-state index in [2.05, 4.69) is 10.4 Å². The zero-order chi connectivity index (χ0) is 13.2. The van der Waals surface area contributed by atoms with Gasteiger partial charge in [-0.05, 0) is 24.6 Å². The molecule has 1 aliphatic rings. The lowest BCUT2D eigenvalue weighted by Gasteiger charge is -2.23. The van der Waals surface area contributed by atoms with E-state index in [0.29, 0.717) is 5.82 Å². The van der Waals surface area contributed by atoms with E-state index in [0.717, 1.165) is 16.8 Å². The molecule has 0 amide bonds. The van der Waals surface area contributed by atoms with Crippen LogP contribution < -0.4 is 10.4 Å². The molecule has 4 heteroatoms. The van der Waals surface area contributed by atoms with Gasteiger partial charge in [-0.2, -0.15) is 0 Å². The molecule has 0 aliphatic carbocycles. The largest absolute Gasteiger partial charge is 0.368 e. The molecule has 0 fully saturated rings. The molecule has 0 saturated heterocycles. The van der Waals surface area contributed by atoms with Crippen LogP contribution in [0.4, 0.5) is 5.82 Å². The third-order valence-electron chi connectivity index (χ3n) is 3.18. The van der Waals surface area contributed by atoms with Crippen molar-refractivity contribution in [3.63, 3.8) is 0 Å². The minimum absolute atomic E-state index is 0.695. The van der Waals surface area contributed by atoms with Gasteiger partial charge in [0.1, 0.15) is 5.82 Å². The molecule has 2 heterocycles. The Bertz CT molecular complexity index is 595. The number of hydrogen-bond acceptors (Lipinski definition) is 4. The lowest BCUT2D eigenvalue weighted by Crippen LogP contribution is -2.39. The Balaban J connectivity index is 1.94. The van der Waals surface area contributed by atoms with Crippen LogP contribution in [0.5, 0.6) is 0 Å². The van der Waals surface area contributed by atoms with Gasteiger partial charge >= 0.3 is 0 Å². The van der Waals surface area contributed by atoms with E-state index in [1.807, 2.05) is 55.5 Å². The first-order valence-electron chi connectivity index (χ1n) is 6.18. The van der Waals surface area contributed by atoms with Crippen molar-refractivity contribution in [3.05, 3.63) is 66.0 Å². The number of aromatic nitrogens is 1. The van der Waals surface area contributed by atoms with Crippen LogP contribution in [0.25, 0.3) is 5.57 Å². The van der Waals surface area contributed by atoms with E-state index in [1.54, 1.807) is 11.2 Å². The molecule has 19 heavy (non-hydrogen) atoms. The van der Waals surface area contributed by atoms with Crippen LogP contribution in [0, 0.1) is 0 Å². The molecule has 1 aromatic heterocycles. The lowest BCUT2D eigenvalue weighted by molar-refractivity contribution is 0.225. The molecule has 2 N–H and O–H groups in total. The highest BCUT2D eigenvalue weighted by Crippen LogP contribution is 2.30. The maximum atomic E-state index is 10.5. The van der Waals surface area contributed by atoms with Gasteiger partial charge in [0.15, 0.2) is 6.23 Å². The summed E-state index contributed by atoms with van der Waals surface area (Å²) in [6.45, 7) is 1.95. The van der Waals surface area contributed by atoms with E-state index in [-0.39, 0.29) is 0 Å². The Hall–Kier alpha value is -2.33. The molecule has 1 aromatic carbocycles. The third-order valence-corrected chi connectivity index (χ3v) is 3.18. The SMILES string of the molecule is CC1=C(c2ccccc2)C(O)N(c2ccccn2)N1. The average Bonchev–Trinajstić information content (AvgIpc) is 2.76. The summed E-state index contributed by atoms with van der Waals surface area (Å²) in [7, 11) is 0. The Kier molecular flexibility index (Phi) is 2.93. The number of aliphatic hydroxyl groups is 1.